The molecule has 2 aromatic rings. The standard InChI is InChI=1S/C14H14N2/c15-16-13(11-7-3-1-4-8-11)14(16)12-9-5-2-6-10-12/h1-10,13-14H,15H2. The Labute approximate surface area is 95.3 Å². The Kier molecular flexibility index (Phi) is 2.24. The predicted molar refractivity (Wildman–Crippen MR) is 64.4 cm³/mol. The monoisotopic (exact) mass is 210 g/mol. The molecule has 2 heteroatoms. The van der Waals surface area contributed by atoms with Gasteiger partial charge in [-0.05, 0) is 11.1 Å². The summed E-state index contributed by atoms with van der Waals surface area (Å²) in [4.78, 5) is 0. The van der Waals surface area contributed by atoms with Crippen molar-refractivity contribution in [3.8, 4) is 0 Å². The summed E-state index contributed by atoms with van der Waals surface area (Å²) in [6.45, 7) is 0. The number of benzene rings is 2. The Balaban J connectivity index is 1.87. The first-order valence-corrected chi connectivity index (χ1v) is 5.51. The van der Waals surface area contributed by atoms with Gasteiger partial charge in [0.25, 0.3) is 0 Å². The highest BCUT2D eigenvalue weighted by molar-refractivity contribution is 5.33. The Morgan fingerprint density at radius 3 is 1.44 bits per heavy atom. The van der Waals surface area contributed by atoms with Gasteiger partial charge in [-0.2, -0.15) is 0 Å². The quantitative estimate of drug-likeness (QED) is 0.610. The normalized spacial score (nSPS) is 27.7. The highest BCUT2D eigenvalue weighted by Gasteiger charge is 2.47. The second kappa shape index (κ2) is 3.74. The van der Waals surface area contributed by atoms with Crippen molar-refractivity contribution < 1.29 is 0 Å². The molecule has 0 bridgehead atoms. The van der Waals surface area contributed by atoms with E-state index in [1.165, 1.54) is 11.1 Å². The Bertz CT molecular complexity index is 421. The molecule has 0 aromatic heterocycles. The Morgan fingerprint density at radius 1 is 0.688 bits per heavy atom. The van der Waals surface area contributed by atoms with Crippen molar-refractivity contribution in [3.63, 3.8) is 0 Å². The minimum atomic E-state index is 0.337. The van der Waals surface area contributed by atoms with Crippen LogP contribution in [0, 0.1) is 0 Å². The summed E-state index contributed by atoms with van der Waals surface area (Å²) in [5.41, 5.74) is 2.58. The van der Waals surface area contributed by atoms with E-state index >= 15 is 0 Å². The van der Waals surface area contributed by atoms with Gasteiger partial charge < -0.3 is 0 Å². The van der Waals surface area contributed by atoms with Crippen LogP contribution >= 0.6 is 0 Å². The van der Waals surface area contributed by atoms with Crippen LogP contribution in [-0.4, -0.2) is 5.01 Å². The molecule has 0 saturated carbocycles. The van der Waals surface area contributed by atoms with Gasteiger partial charge >= 0.3 is 0 Å². The third kappa shape index (κ3) is 1.52. The lowest BCUT2D eigenvalue weighted by molar-refractivity contribution is 0.516. The van der Waals surface area contributed by atoms with Gasteiger partial charge in [0, 0.05) is 0 Å². The van der Waals surface area contributed by atoms with Crippen LogP contribution in [0.1, 0.15) is 23.2 Å². The summed E-state index contributed by atoms with van der Waals surface area (Å²) in [6, 6.07) is 21.5. The molecule has 2 nitrogen and oxygen atoms in total. The third-order valence-electron chi connectivity index (χ3n) is 3.13. The first kappa shape index (κ1) is 9.58. The average Bonchev–Trinajstić information content (AvgIpc) is 3.03. The zero-order valence-electron chi connectivity index (χ0n) is 8.95. The molecule has 1 saturated heterocycles. The van der Waals surface area contributed by atoms with Crippen LogP contribution in [0.15, 0.2) is 60.7 Å². The molecule has 2 atom stereocenters. The molecule has 2 N–H and O–H groups in total. The van der Waals surface area contributed by atoms with Gasteiger partial charge in [-0.3, -0.25) is 5.84 Å². The second-order valence-corrected chi connectivity index (χ2v) is 4.16. The van der Waals surface area contributed by atoms with Crippen LogP contribution in [-0.2, 0) is 0 Å². The minimum Gasteiger partial charge on any atom is -0.268 e. The zero-order chi connectivity index (χ0) is 11.0. The molecule has 1 aliphatic rings. The molecule has 0 radical (unpaired) electrons. The molecule has 1 fully saturated rings. The van der Waals surface area contributed by atoms with E-state index in [0.29, 0.717) is 12.1 Å². The van der Waals surface area contributed by atoms with E-state index < -0.39 is 0 Å². The molecule has 1 heterocycles. The topological polar surface area (TPSA) is 29.0 Å². The van der Waals surface area contributed by atoms with E-state index in [1.54, 1.807) is 0 Å². The van der Waals surface area contributed by atoms with Crippen LogP contribution in [0.25, 0.3) is 0 Å². The zero-order valence-corrected chi connectivity index (χ0v) is 8.95. The van der Waals surface area contributed by atoms with Crippen LogP contribution in [0.5, 0.6) is 0 Å². The van der Waals surface area contributed by atoms with Crippen molar-refractivity contribution in [2.24, 2.45) is 5.84 Å². The van der Waals surface area contributed by atoms with Gasteiger partial charge in [0.1, 0.15) is 0 Å². The highest BCUT2D eigenvalue weighted by Crippen LogP contribution is 2.51. The van der Waals surface area contributed by atoms with Crippen molar-refractivity contribution in [1.29, 1.82) is 0 Å². The van der Waals surface area contributed by atoms with Gasteiger partial charge in [0.2, 0.25) is 0 Å². The summed E-state index contributed by atoms with van der Waals surface area (Å²) < 4.78 is 0. The van der Waals surface area contributed by atoms with Crippen molar-refractivity contribution in [1.82, 2.24) is 5.01 Å². The number of nitrogens with two attached hydrogens (primary N) is 1. The fourth-order valence-corrected chi connectivity index (χ4v) is 2.26. The summed E-state index contributed by atoms with van der Waals surface area (Å²) in [5, 5.41) is 1.91. The Morgan fingerprint density at radius 2 is 1.06 bits per heavy atom. The molecule has 0 spiro atoms. The lowest BCUT2D eigenvalue weighted by atomic mass is 10.0. The van der Waals surface area contributed by atoms with E-state index in [2.05, 4.69) is 48.5 Å². The van der Waals surface area contributed by atoms with E-state index in [1.807, 2.05) is 17.1 Å². The van der Waals surface area contributed by atoms with Gasteiger partial charge in [-0.1, -0.05) is 60.7 Å². The lowest BCUT2D eigenvalue weighted by Gasteiger charge is -1.97. The maximum atomic E-state index is 6.01. The Hall–Kier alpha value is -1.64. The summed E-state index contributed by atoms with van der Waals surface area (Å²) in [6.07, 6.45) is 0. The SMILES string of the molecule is NN1C(c2ccccc2)C1c1ccccc1. The van der Waals surface area contributed by atoms with E-state index in [9.17, 15) is 0 Å². The van der Waals surface area contributed by atoms with Crippen molar-refractivity contribution in [3.05, 3.63) is 71.8 Å². The van der Waals surface area contributed by atoms with E-state index in [-0.39, 0.29) is 0 Å². The van der Waals surface area contributed by atoms with Crippen LogP contribution in [0.3, 0.4) is 0 Å². The van der Waals surface area contributed by atoms with E-state index in [4.69, 9.17) is 5.84 Å². The highest BCUT2D eigenvalue weighted by atomic mass is 15.6. The minimum absolute atomic E-state index is 0.337. The summed E-state index contributed by atoms with van der Waals surface area (Å²) in [7, 11) is 0. The molecule has 2 unspecified atom stereocenters. The fraction of sp³-hybridized carbons (Fsp3) is 0.143. The molecule has 16 heavy (non-hydrogen) atoms. The maximum Gasteiger partial charge on any atom is 0.0709 e. The largest absolute Gasteiger partial charge is 0.268 e. The fourth-order valence-electron chi connectivity index (χ4n) is 2.26. The molecule has 80 valence electrons. The van der Waals surface area contributed by atoms with Crippen LogP contribution < -0.4 is 5.84 Å². The van der Waals surface area contributed by atoms with Crippen molar-refractivity contribution in [2.75, 3.05) is 0 Å². The molecule has 0 amide bonds. The second-order valence-electron chi connectivity index (χ2n) is 4.16. The van der Waals surface area contributed by atoms with Gasteiger partial charge in [-0.25, -0.2) is 5.01 Å². The molecule has 3 rings (SSSR count). The van der Waals surface area contributed by atoms with Gasteiger partial charge in [-0.15, -0.1) is 0 Å². The molecule has 2 aromatic carbocycles. The molecule has 1 aliphatic heterocycles. The predicted octanol–water partition coefficient (Wildman–Crippen LogP) is 2.66. The first-order chi connectivity index (χ1) is 7.88. The number of hydrazine groups is 1. The molecular weight excluding hydrogens is 196 g/mol. The van der Waals surface area contributed by atoms with Crippen molar-refractivity contribution >= 4 is 0 Å². The average molecular weight is 210 g/mol. The number of nitrogens with zero attached hydrogens (tertiary/aromatic N) is 1. The number of hydrogen-bond acceptors (Lipinski definition) is 2. The lowest BCUT2D eigenvalue weighted by Crippen LogP contribution is -2.07. The van der Waals surface area contributed by atoms with Gasteiger partial charge in [0.05, 0.1) is 12.1 Å². The number of rotatable bonds is 2. The van der Waals surface area contributed by atoms with Crippen molar-refractivity contribution in [2.45, 2.75) is 12.1 Å². The third-order valence-corrected chi connectivity index (χ3v) is 3.13. The van der Waals surface area contributed by atoms with Crippen LogP contribution in [0.2, 0.25) is 0 Å². The van der Waals surface area contributed by atoms with Gasteiger partial charge in [0.15, 0.2) is 0 Å². The molecular formula is C14H14N2. The first-order valence-electron chi connectivity index (χ1n) is 5.51. The number of hydrogen-bond donors (Lipinski definition) is 1. The van der Waals surface area contributed by atoms with E-state index in [0.717, 1.165) is 0 Å². The smallest absolute Gasteiger partial charge is 0.0709 e. The van der Waals surface area contributed by atoms with Crippen LogP contribution in [0.4, 0.5) is 0 Å². The summed E-state index contributed by atoms with van der Waals surface area (Å²) in [5.74, 6) is 6.01. The molecule has 0 aliphatic carbocycles. The summed E-state index contributed by atoms with van der Waals surface area (Å²) >= 11 is 0. The maximum absolute atomic E-state index is 6.01.